The monoisotopic (exact) mass is 465 g/mol. The van der Waals surface area contributed by atoms with Gasteiger partial charge in [0.25, 0.3) is 11.6 Å². The van der Waals surface area contributed by atoms with E-state index in [-0.39, 0.29) is 11.6 Å². The number of nitro benzene ring substituents is 1. The third kappa shape index (κ3) is 6.39. The van der Waals surface area contributed by atoms with E-state index in [2.05, 4.69) is 10.5 Å². The highest BCUT2D eigenvalue weighted by atomic mass is 16.6. The van der Waals surface area contributed by atoms with Gasteiger partial charge in [0.2, 0.25) is 0 Å². The topological polar surface area (TPSA) is 93.8 Å². The molecule has 7 heteroatoms. The molecule has 0 bridgehead atoms. The van der Waals surface area contributed by atoms with Crippen molar-refractivity contribution < 1.29 is 14.5 Å². The van der Waals surface area contributed by atoms with Crippen LogP contribution in [0.1, 0.15) is 28.2 Å². The summed E-state index contributed by atoms with van der Waals surface area (Å²) in [7, 11) is 0. The van der Waals surface area contributed by atoms with Crippen molar-refractivity contribution in [2.45, 2.75) is 12.5 Å². The van der Waals surface area contributed by atoms with Crippen LogP contribution < -0.4 is 10.2 Å². The lowest BCUT2D eigenvalue weighted by Gasteiger charge is -2.16. The Kier molecular flexibility index (Phi) is 7.60. The van der Waals surface area contributed by atoms with Crippen LogP contribution in [0.25, 0.3) is 0 Å². The highest BCUT2D eigenvalue weighted by Crippen LogP contribution is 2.24. The van der Waals surface area contributed by atoms with Crippen LogP contribution in [-0.2, 0) is 11.4 Å². The standard InChI is InChI=1S/C28H23N3O4/c32-28(27(23-7-3-1-4-8-23)24-9-5-2-6-10-24)30-29-19-21-13-17-26(18-14-21)35-20-22-11-15-25(16-12-22)31(33)34/h1-19,27H,20H2,(H,30,32)/b29-19+. The smallest absolute Gasteiger partial charge is 0.269 e. The van der Waals surface area contributed by atoms with Crippen LogP contribution in [-0.4, -0.2) is 17.0 Å². The molecule has 1 N–H and O–H groups in total. The van der Waals surface area contributed by atoms with E-state index in [0.29, 0.717) is 12.4 Å². The summed E-state index contributed by atoms with van der Waals surface area (Å²) >= 11 is 0. The molecule has 0 saturated carbocycles. The first-order valence-electron chi connectivity index (χ1n) is 11.0. The van der Waals surface area contributed by atoms with Gasteiger partial charge in [0.1, 0.15) is 12.4 Å². The molecule has 0 aromatic heterocycles. The number of nitro groups is 1. The molecular formula is C28H23N3O4. The van der Waals surface area contributed by atoms with E-state index in [1.165, 1.54) is 12.1 Å². The number of carbonyl (C=O) groups is 1. The molecule has 0 radical (unpaired) electrons. The van der Waals surface area contributed by atoms with E-state index in [1.54, 1.807) is 30.5 Å². The number of non-ortho nitro benzene ring substituents is 1. The molecule has 0 fully saturated rings. The van der Waals surface area contributed by atoms with Gasteiger partial charge in [0.15, 0.2) is 0 Å². The molecule has 4 aromatic rings. The van der Waals surface area contributed by atoms with E-state index >= 15 is 0 Å². The molecular weight excluding hydrogens is 442 g/mol. The molecule has 0 unspecified atom stereocenters. The van der Waals surface area contributed by atoms with Gasteiger partial charge in [-0.15, -0.1) is 0 Å². The predicted molar refractivity (Wildman–Crippen MR) is 134 cm³/mol. The Hall–Kier alpha value is -4.78. The van der Waals surface area contributed by atoms with Crippen LogP contribution >= 0.6 is 0 Å². The summed E-state index contributed by atoms with van der Waals surface area (Å²) in [5, 5.41) is 14.9. The SMILES string of the molecule is O=C(N/N=C/c1ccc(OCc2ccc([N+](=O)[O-])cc2)cc1)C(c1ccccc1)c1ccccc1. The summed E-state index contributed by atoms with van der Waals surface area (Å²) in [5.74, 6) is -0.0378. The van der Waals surface area contributed by atoms with E-state index < -0.39 is 10.8 Å². The molecule has 1 amide bonds. The van der Waals surface area contributed by atoms with Gasteiger partial charge < -0.3 is 4.74 Å². The van der Waals surface area contributed by atoms with Crippen LogP contribution in [0.5, 0.6) is 5.75 Å². The highest BCUT2D eigenvalue weighted by molar-refractivity contribution is 5.88. The maximum Gasteiger partial charge on any atom is 0.269 e. The van der Waals surface area contributed by atoms with Crippen LogP contribution in [0.3, 0.4) is 0 Å². The van der Waals surface area contributed by atoms with Gasteiger partial charge in [-0.1, -0.05) is 60.7 Å². The molecule has 0 saturated heterocycles. The fourth-order valence-corrected chi connectivity index (χ4v) is 3.55. The average molecular weight is 466 g/mol. The zero-order chi connectivity index (χ0) is 24.5. The quantitative estimate of drug-likeness (QED) is 0.202. The number of amides is 1. The van der Waals surface area contributed by atoms with Crippen molar-refractivity contribution in [2.75, 3.05) is 0 Å². The van der Waals surface area contributed by atoms with Crippen molar-refractivity contribution in [2.24, 2.45) is 5.10 Å². The lowest BCUT2D eigenvalue weighted by atomic mass is 9.91. The minimum Gasteiger partial charge on any atom is -0.489 e. The molecule has 0 spiro atoms. The maximum absolute atomic E-state index is 13.0. The molecule has 0 aliphatic carbocycles. The van der Waals surface area contributed by atoms with Crippen molar-refractivity contribution in [1.82, 2.24) is 5.43 Å². The molecule has 7 nitrogen and oxygen atoms in total. The lowest BCUT2D eigenvalue weighted by Crippen LogP contribution is -2.26. The minimum absolute atomic E-state index is 0.0448. The molecule has 0 atom stereocenters. The van der Waals surface area contributed by atoms with Gasteiger partial charge in [-0.25, -0.2) is 5.43 Å². The summed E-state index contributed by atoms with van der Waals surface area (Å²) in [6, 6.07) is 32.7. The van der Waals surface area contributed by atoms with E-state index in [9.17, 15) is 14.9 Å². The number of ether oxygens (including phenoxy) is 1. The van der Waals surface area contributed by atoms with E-state index in [1.807, 2.05) is 72.8 Å². The van der Waals surface area contributed by atoms with Gasteiger partial charge in [-0.3, -0.25) is 14.9 Å². The number of hydrogen-bond donors (Lipinski definition) is 1. The zero-order valence-corrected chi connectivity index (χ0v) is 18.8. The van der Waals surface area contributed by atoms with Gasteiger partial charge in [-0.05, 0) is 58.7 Å². The van der Waals surface area contributed by atoms with Crippen LogP contribution in [0.15, 0.2) is 114 Å². The van der Waals surface area contributed by atoms with E-state index in [0.717, 1.165) is 22.3 Å². The maximum atomic E-state index is 13.0. The first-order valence-corrected chi connectivity index (χ1v) is 11.0. The largest absolute Gasteiger partial charge is 0.489 e. The molecule has 0 heterocycles. The summed E-state index contributed by atoms with van der Waals surface area (Å²) < 4.78 is 5.74. The third-order valence-corrected chi connectivity index (χ3v) is 5.35. The van der Waals surface area contributed by atoms with E-state index in [4.69, 9.17) is 4.74 Å². The van der Waals surface area contributed by atoms with Crippen LogP contribution in [0.2, 0.25) is 0 Å². The molecule has 4 rings (SSSR count). The van der Waals surface area contributed by atoms with Gasteiger partial charge >= 0.3 is 0 Å². The van der Waals surface area contributed by atoms with Crippen molar-refractivity contribution in [1.29, 1.82) is 0 Å². The molecule has 0 aliphatic rings. The van der Waals surface area contributed by atoms with Crippen molar-refractivity contribution in [3.63, 3.8) is 0 Å². The number of benzene rings is 4. The summed E-state index contributed by atoms with van der Waals surface area (Å²) in [4.78, 5) is 23.3. The van der Waals surface area contributed by atoms with Gasteiger partial charge in [0.05, 0.1) is 17.1 Å². The number of nitrogens with one attached hydrogen (secondary N) is 1. The number of nitrogens with zero attached hydrogens (tertiary/aromatic N) is 2. The van der Waals surface area contributed by atoms with Crippen molar-refractivity contribution in [3.05, 3.63) is 142 Å². The minimum atomic E-state index is -0.468. The third-order valence-electron chi connectivity index (χ3n) is 5.35. The molecule has 35 heavy (non-hydrogen) atoms. The predicted octanol–water partition coefficient (Wildman–Crippen LogP) is 5.46. The summed E-state index contributed by atoms with van der Waals surface area (Å²) in [5.41, 5.74) is 6.10. The fourth-order valence-electron chi connectivity index (χ4n) is 3.55. The summed E-state index contributed by atoms with van der Waals surface area (Å²) in [6.07, 6.45) is 1.57. The average Bonchev–Trinajstić information content (AvgIpc) is 2.90. The normalized spacial score (nSPS) is 10.9. The fraction of sp³-hybridized carbons (Fsp3) is 0.0714. The van der Waals surface area contributed by atoms with Gasteiger partial charge in [0, 0.05) is 12.1 Å². The first kappa shape index (κ1) is 23.4. The zero-order valence-electron chi connectivity index (χ0n) is 18.8. The van der Waals surface area contributed by atoms with Gasteiger partial charge in [-0.2, -0.15) is 5.10 Å². The Labute approximate surface area is 202 Å². The lowest BCUT2D eigenvalue weighted by molar-refractivity contribution is -0.384. The van der Waals surface area contributed by atoms with Crippen LogP contribution in [0, 0.1) is 10.1 Å². The number of carbonyl (C=O) groups excluding carboxylic acids is 1. The number of hydrazone groups is 1. The molecule has 174 valence electrons. The molecule has 0 aliphatic heterocycles. The Balaban J connectivity index is 1.35. The number of rotatable bonds is 9. The Morgan fingerprint density at radius 3 is 1.97 bits per heavy atom. The van der Waals surface area contributed by atoms with Crippen molar-refractivity contribution >= 4 is 17.8 Å². The Morgan fingerprint density at radius 1 is 0.857 bits per heavy atom. The second kappa shape index (κ2) is 11.4. The summed E-state index contributed by atoms with van der Waals surface area (Å²) in [6.45, 7) is 0.293. The Bertz CT molecular complexity index is 1250. The van der Waals surface area contributed by atoms with Crippen molar-refractivity contribution in [3.8, 4) is 5.75 Å². The highest BCUT2D eigenvalue weighted by Gasteiger charge is 2.22. The second-order valence-electron chi connectivity index (χ2n) is 7.77. The first-order chi connectivity index (χ1) is 17.1. The number of hydrogen-bond acceptors (Lipinski definition) is 5. The van der Waals surface area contributed by atoms with Crippen LogP contribution in [0.4, 0.5) is 5.69 Å². The Morgan fingerprint density at radius 2 is 1.43 bits per heavy atom. The molecule has 4 aromatic carbocycles. The second-order valence-corrected chi connectivity index (χ2v) is 7.77.